The van der Waals surface area contributed by atoms with Crippen LogP contribution in [0.15, 0.2) is 42.9 Å². The summed E-state index contributed by atoms with van der Waals surface area (Å²) in [6.07, 6.45) is 7.70. The number of pyridine rings is 1. The van der Waals surface area contributed by atoms with Gasteiger partial charge >= 0.3 is 0 Å². The van der Waals surface area contributed by atoms with Crippen molar-refractivity contribution in [1.82, 2.24) is 30.0 Å². The molecule has 9 nitrogen and oxygen atoms in total. The van der Waals surface area contributed by atoms with Crippen molar-refractivity contribution in [3.8, 4) is 17.3 Å². The van der Waals surface area contributed by atoms with Crippen molar-refractivity contribution in [1.29, 1.82) is 0 Å². The van der Waals surface area contributed by atoms with Gasteiger partial charge in [0.15, 0.2) is 0 Å². The highest BCUT2D eigenvalue weighted by atomic mass is 16.5. The average Bonchev–Trinajstić information content (AvgIpc) is 3.11. The Kier molecular flexibility index (Phi) is 4.78. The molecule has 4 heterocycles. The zero-order valence-electron chi connectivity index (χ0n) is 17.8. The number of anilines is 2. The number of ether oxygens (including phenoxy) is 1. The molecule has 0 spiro atoms. The molecule has 0 bridgehead atoms. The van der Waals surface area contributed by atoms with Crippen LogP contribution in [0.3, 0.4) is 0 Å². The van der Waals surface area contributed by atoms with E-state index in [0.29, 0.717) is 23.1 Å². The van der Waals surface area contributed by atoms with E-state index >= 15 is 0 Å². The lowest BCUT2D eigenvalue weighted by Gasteiger charge is -2.23. The van der Waals surface area contributed by atoms with Gasteiger partial charge in [0.1, 0.15) is 23.8 Å². The predicted octanol–water partition coefficient (Wildman–Crippen LogP) is 3.30. The van der Waals surface area contributed by atoms with Gasteiger partial charge in [-0.25, -0.2) is 9.97 Å². The molecule has 9 heteroatoms. The normalized spacial score (nSPS) is 14.7. The number of fused-ring (bicyclic) bond motifs is 2. The van der Waals surface area contributed by atoms with Crippen LogP contribution in [0.25, 0.3) is 28.4 Å². The topological polar surface area (TPSA) is 107 Å². The van der Waals surface area contributed by atoms with Crippen molar-refractivity contribution in [2.24, 2.45) is 7.05 Å². The molecule has 2 N–H and O–H groups in total. The van der Waals surface area contributed by atoms with Gasteiger partial charge in [0.05, 0.1) is 30.7 Å². The quantitative estimate of drug-likeness (QED) is 0.467. The number of hydrogen-bond donors (Lipinski definition) is 2. The van der Waals surface area contributed by atoms with Gasteiger partial charge in [0.2, 0.25) is 5.88 Å². The van der Waals surface area contributed by atoms with Gasteiger partial charge < -0.3 is 20.2 Å². The summed E-state index contributed by atoms with van der Waals surface area (Å²) in [4.78, 5) is 25.2. The first-order chi connectivity index (χ1) is 15.6. The number of aryl methyl sites for hydroxylation is 2. The molecule has 1 atom stereocenters. The smallest absolute Gasteiger partial charge is 0.232 e. The largest absolute Gasteiger partial charge is 0.480 e. The molecule has 1 aliphatic heterocycles. The molecule has 0 saturated carbocycles. The number of nitrogens with one attached hydrogen (secondary N) is 2. The van der Waals surface area contributed by atoms with Gasteiger partial charge in [-0.1, -0.05) is 0 Å². The van der Waals surface area contributed by atoms with E-state index in [4.69, 9.17) is 9.72 Å². The second kappa shape index (κ2) is 7.77. The van der Waals surface area contributed by atoms with E-state index in [9.17, 15) is 4.79 Å². The Morgan fingerprint density at radius 1 is 1.19 bits per heavy atom. The van der Waals surface area contributed by atoms with E-state index in [1.54, 1.807) is 19.5 Å². The Hall–Kier alpha value is -4.27. The number of nitrogens with zero attached hydrogens (tertiary/aromatic N) is 5. The molecule has 0 aliphatic carbocycles. The van der Waals surface area contributed by atoms with Crippen molar-refractivity contribution in [3.63, 3.8) is 0 Å². The molecule has 5 rings (SSSR count). The summed E-state index contributed by atoms with van der Waals surface area (Å²) in [6, 6.07) is 7.35. The van der Waals surface area contributed by atoms with Gasteiger partial charge in [-0.2, -0.15) is 5.10 Å². The van der Waals surface area contributed by atoms with E-state index < -0.39 is 6.04 Å². The second-order valence-corrected chi connectivity index (χ2v) is 7.49. The van der Waals surface area contributed by atoms with Gasteiger partial charge in [-0.15, -0.1) is 0 Å². The van der Waals surface area contributed by atoms with E-state index in [0.717, 1.165) is 39.7 Å². The Morgan fingerprint density at radius 2 is 2.06 bits per heavy atom. The van der Waals surface area contributed by atoms with E-state index in [1.165, 1.54) is 6.20 Å². The first-order valence-corrected chi connectivity index (χ1v) is 10.1. The van der Waals surface area contributed by atoms with Crippen LogP contribution in [-0.2, 0) is 11.8 Å². The third-order valence-corrected chi connectivity index (χ3v) is 5.55. The lowest BCUT2D eigenvalue weighted by molar-refractivity contribution is -0.109. The fourth-order valence-corrected chi connectivity index (χ4v) is 3.81. The molecule has 0 saturated heterocycles. The number of rotatable bonds is 5. The molecule has 1 unspecified atom stereocenters. The van der Waals surface area contributed by atoms with Crippen LogP contribution in [0.5, 0.6) is 5.88 Å². The van der Waals surface area contributed by atoms with Crippen molar-refractivity contribution >= 4 is 34.8 Å². The number of aromatic nitrogens is 5. The summed E-state index contributed by atoms with van der Waals surface area (Å²) in [5, 5.41) is 12.1. The van der Waals surface area contributed by atoms with Crippen LogP contribution < -0.4 is 15.4 Å². The highest BCUT2D eigenvalue weighted by molar-refractivity contribution is 5.86. The first-order valence-electron chi connectivity index (χ1n) is 10.1. The number of aldehydes is 1. The highest BCUT2D eigenvalue weighted by Gasteiger charge is 2.23. The molecule has 4 aromatic rings. The lowest BCUT2D eigenvalue weighted by atomic mass is 9.98. The van der Waals surface area contributed by atoms with Crippen molar-refractivity contribution < 1.29 is 9.53 Å². The molecule has 32 heavy (non-hydrogen) atoms. The van der Waals surface area contributed by atoms with Crippen LogP contribution in [0.2, 0.25) is 0 Å². The summed E-state index contributed by atoms with van der Waals surface area (Å²) in [7, 11) is 3.46. The van der Waals surface area contributed by atoms with E-state index in [1.807, 2.05) is 49.0 Å². The maximum absolute atomic E-state index is 11.8. The average molecular weight is 427 g/mol. The Morgan fingerprint density at radius 3 is 2.88 bits per heavy atom. The van der Waals surface area contributed by atoms with Crippen LogP contribution in [0, 0.1) is 6.92 Å². The number of carbonyl (C=O) groups excluding carboxylic acids is 1. The van der Waals surface area contributed by atoms with Crippen LogP contribution in [0.1, 0.15) is 22.9 Å². The van der Waals surface area contributed by atoms with E-state index in [-0.39, 0.29) is 0 Å². The van der Waals surface area contributed by atoms with E-state index in [2.05, 4.69) is 25.7 Å². The molecule has 1 aliphatic rings. The minimum atomic E-state index is -0.517. The minimum absolute atomic E-state index is 0.399. The molecule has 0 radical (unpaired) electrons. The second-order valence-electron chi connectivity index (χ2n) is 7.49. The zero-order chi connectivity index (χ0) is 22.2. The SMILES string of the molecule is COc1cncc(-c2cc3c(c(Nc4ccc5c(C)n(C)nc5c4)n2)C(C=O)NC=C3)n1. The van der Waals surface area contributed by atoms with Gasteiger partial charge in [-0.3, -0.25) is 9.67 Å². The predicted molar refractivity (Wildman–Crippen MR) is 122 cm³/mol. The third kappa shape index (κ3) is 3.33. The molecule has 0 amide bonds. The summed E-state index contributed by atoms with van der Waals surface area (Å²) in [6.45, 7) is 2.03. The molecule has 0 fully saturated rings. The maximum Gasteiger partial charge on any atom is 0.232 e. The van der Waals surface area contributed by atoms with Gasteiger partial charge in [-0.05, 0) is 49.0 Å². The molecular formula is C23H21N7O2. The van der Waals surface area contributed by atoms with Crippen LogP contribution in [0.4, 0.5) is 11.5 Å². The van der Waals surface area contributed by atoms with Crippen molar-refractivity contribution in [3.05, 3.63) is 59.7 Å². The Bertz CT molecular complexity index is 1380. The lowest BCUT2D eigenvalue weighted by Crippen LogP contribution is -2.22. The number of carbonyl (C=O) groups is 1. The van der Waals surface area contributed by atoms with Crippen LogP contribution >= 0.6 is 0 Å². The summed E-state index contributed by atoms with van der Waals surface area (Å²) in [5.41, 5.74) is 5.61. The number of hydrogen-bond acceptors (Lipinski definition) is 8. The maximum atomic E-state index is 11.8. The standard InChI is InChI=1S/C23H21N7O2/c1-13-16-5-4-15(9-17(16)29-30(13)2)26-23-22-14(6-7-25-20(22)12-31)8-18(28-23)19-10-24-11-21(27-19)32-3/h4-12,20,25H,1-3H3,(H,26,28). The Labute approximate surface area is 184 Å². The molecular weight excluding hydrogens is 406 g/mol. The van der Waals surface area contributed by atoms with Crippen molar-refractivity contribution in [2.75, 3.05) is 12.4 Å². The molecule has 3 aromatic heterocycles. The monoisotopic (exact) mass is 427 g/mol. The first kappa shape index (κ1) is 19.7. The summed E-state index contributed by atoms with van der Waals surface area (Å²) in [5.74, 6) is 0.957. The Balaban J connectivity index is 1.64. The molecule has 160 valence electrons. The number of methoxy groups -OCH3 is 1. The fourth-order valence-electron chi connectivity index (χ4n) is 3.81. The fraction of sp³-hybridized carbons (Fsp3) is 0.174. The van der Waals surface area contributed by atoms with Gasteiger partial charge in [0.25, 0.3) is 0 Å². The van der Waals surface area contributed by atoms with Gasteiger partial charge in [0, 0.05) is 29.4 Å². The molecule has 1 aromatic carbocycles. The highest BCUT2D eigenvalue weighted by Crippen LogP contribution is 2.34. The minimum Gasteiger partial charge on any atom is -0.480 e. The van der Waals surface area contributed by atoms with Crippen molar-refractivity contribution in [2.45, 2.75) is 13.0 Å². The summed E-state index contributed by atoms with van der Waals surface area (Å²) < 4.78 is 7.06. The summed E-state index contributed by atoms with van der Waals surface area (Å²) >= 11 is 0. The van der Waals surface area contributed by atoms with Crippen LogP contribution in [-0.4, -0.2) is 38.1 Å². The third-order valence-electron chi connectivity index (χ3n) is 5.55. The zero-order valence-corrected chi connectivity index (χ0v) is 17.8. The number of benzene rings is 1.